The van der Waals surface area contributed by atoms with Gasteiger partial charge in [0.2, 0.25) is 5.24 Å². The van der Waals surface area contributed by atoms with Gasteiger partial charge in [0.05, 0.1) is 0 Å². The van der Waals surface area contributed by atoms with Crippen molar-refractivity contribution in [2.24, 2.45) is 0 Å². The second-order valence-corrected chi connectivity index (χ2v) is 2.74. The van der Waals surface area contributed by atoms with Crippen molar-refractivity contribution in [3.8, 4) is 0 Å². The number of allylic oxidation sites excluding steroid dienone is 1. The van der Waals surface area contributed by atoms with E-state index in [2.05, 4.69) is 6.58 Å². The van der Waals surface area contributed by atoms with Crippen molar-refractivity contribution < 1.29 is 4.79 Å². The molecule has 0 saturated heterocycles. The second-order valence-electron chi connectivity index (χ2n) is 2.40. The van der Waals surface area contributed by atoms with E-state index in [1.807, 2.05) is 26.0 Å². The van der Waals surface area contributed by atoms with Gasteiger partial charge in [-0.05, 0) is 39.7 Å². The molecule has 0 aliphatic heterocycles. The number of rotatable bonds is 1. The summed E-state index contributed by atoms with van der Waals surface area (Å²) in [5.41, 5.74) is 0.386. The number of carbonyl (C=O) groups is 1. The summed E-state index contributed by atoms with van der Waals surface area (Å²) in [5, 5.41) is -0.463. The molecule has 0 spiro atoms. The average Bonchev–Trinajstić information content (AvgIpc) is 1.63. The predicted octanol–water partition coefficient (Wildman–Crippen LogP) is 1.51. The lowest BCUT2D eigenvalue weighted by Crippen LogP contribution is -1.99. The summed E-state index contributed by atoms with van der Waals surface area (Å²) in [6, 6.07) is 0. The summed E-state index contributed by atoms with van der Waals surface area (Å²) in [6.45, 7) is 4.84. The van der Waals surface area contributed by atoms with Crippen molar-refractivity contribution in [1.29, 1.82) is 0 Å². The summed E-state index contributed by atoms with van der Waals surface area (Å²) >= 11 is 4.87. The molecular weight excluding hydrogens is 150 g/mol. The van der Waals surface area contributed by atoms with Gasteiger partial charge in [0.15, 0.2) is 0 Å². The summed E-state index contributed by atoms with van der Waals surface area (Å²) in [7, 11) is 6.00. The van der Waals surface area contributed by atoms with E-state index in [0.717, 1.165) is 0 Å². The van der Waals surface area contributed by atoms with Crippen LogP contribution >= 0.6 is 11.6 Å². The van der Waals surface area contributed by atoms with E-state index in [1.165, 1.54) is 0 Å². The highest BCUT2D eigenvalue weighted by molar-refractivity contribution is 6.67. The van der Waals surface area contributed by atoms with E-state index in [0.29, 0.717) is 5.57 Å². The first-order valence-electron chi connectivity index (χ1n) is 2.84. The van der Waals surface area contributed by atoms with E-state index >= 15 is 0 Å². The van der Waals surface area contributed by atoms with Gasteiger partial charge >= 0.3 is 0 Å². The molecule has 0 aliphatic rings. The molecule has 10 heavy (non-hydrogen) atoms. The Balaban J connectivity index is 0. The zero-order valence-corrected chi connectivity index (χ0v) is 7.70. The molecule has 3 heteroatoms. The lowest BCUT2D eigenvalue weighted by atomic mass is 10.4. The fourth-order valence-corrected chi connectivity index (χ4v) is 0. The Morgan fingerprint density at radius 2 is 1.50 bits per heavy atom. The molecule has 0 atom stereocenters. The van der Waals surface area contributed by atoms with Gasteiger partial charge in [-0.25, -0.2) is 0 Å². The minimum absolute atomic E-state index is 0.386. The van der Waals surface area contributed by atoms with Gasteiger partial charge in [-0.3, -0.25) is 4.79 Å². The molecule has 0 fully saturated rings. The van der Waals surface area contributed by atoms with Crippen LogP contribution < -0.4 is 0 Å². The van der Waals surface area contributed by atoms with Gasteiger partial charge in [-0.15, -0.1) is 0 Å². The van der Waals surface area contributed by atoms with Crippen LogP contribution in [0.15, 0.2) is 12.2 Å². The maximum atomic E-state index is 9.81. The molecule has 0 N–H and O–H groups in total. The minimum atomic E-state index is -0.463. The minimum Gasteiger partial charge on any atom is -0.312 e. The standard InChI is InChI=1S/C4H5ClO.C3H9N/c1-3(2)4(5)6;1-4(2)3/h1H2,2H3;1-3H3. The molecule has 0 aliphatic carbocycles. The fourth-order valence-electron chi connectivity index (χ4n) is 0. The highest BCUT2D eigenvalue weighted by Crippen LogP contribution is 1.91. The van der Waals surface area contributed by atoms with Crippen LogP contribution in [0.4, 0.5) is 0 Å². The largest absolute Gasteiger partial charge is 0.312 e. The summed E-state index contributed by atoms with van der Waals surface area (Å²) < 4.78 is 0. The lowest BCUT2D eigenvalue weighted by molar-refractivity contribution is -0.108. The third kappa shape index (κ3) is 25.4. The number of carbonyl (C=O) groups excluding carboxylic acids is 1. The Labute approximate surface area is 67.5 Å². The van der Waals surface area contributed by atoms with E-state index < -0.39 is 5.24 Å². The second kappa shape index (κ2) is 6.78. The maximum Gasteiger partial charge on any atom is 0.247 e. The van der Waals surface area contributed by atoms with Crippen LogP contribution in [0.5, 0.6) is 0 Å². The van der Waals surface area contributed by atoms with E-state index in [9.17, 15) is 4.79 Å². The van der Waals surface area contributed by atoms with Gasteiger partial charge < -0.3 is 4.90 Å². The van der Waals surface area contributed by atoms with E-state index in [1.54, 1.807) is 6.92 Å². The van der Waals surface area contributed by atoms with Gasteiger partial charge in [0.25, 0.3) is 0 Å². The van der Waals surface area contributed by atoms with Crippen molar-refractivity contribution in [3.63, 3.8) is 0 Å². The smallest absolute Gasteiger partial charge is 0.247 e. The van der Waals surface area contributed by atoms with Crippen molar-refractivity contribution in [3.05, 3.63) is 12.2 Å². The number of hydrogen-bond donors (Lipinski definition) is 0. The van der Waals surface area contributed by atoms with E-state index in [-0.39, 0.29) is 0 Å². The van der Waals surface area contributed by atoms with Crippen LogP contribution in [-0.4, -0.2) is 31.3 Å². The fraction of sp³-hybridized carbons (Fsp3) is 0.571. The summed E-state index contributed by atoms with van der Waals surface area (Å²) in [6.07, 6.45) is 0. The van der Waals surface area contributed by atoms with Gasteiger partial charge in [-0.1, -0.05) is 6.58 Å². The first-order chi connectivity index (χ1) is 4.37. The normalized spacial score (nSPS) is 8.20. The summed E-state index contributed by atoms with van der Waals surface area (Å²) in [5.74, 6) is 0. The number of nitrogens with zero attached hydrogens (tertiary/aromatic N) is 1. The lowest BCUT2D eigenvalue weighted by Gasteiger charge is -1.90. The van der Waals surface area contributed by atoms with Gasteiger partial charge in [-0.2, -0.15) is 0 Å². The Morgan fingerprint density at radius 1 is 1.40 bits per heavy atom. The molecule has 0 aromatic carbocycles. The molecular formula is C7H14ClNO. The van der Waals surface area contributed by atoms with Crippen LogP contribution in [0.2, 0.25) is 0 Å². The van der Waals surface area contributed by atoms with Crippen LogP contribution in [0.1, 0.15) is 6.92 Å². The zero-order chi connectivity index (χ0) is 8.73. The Hall–Kier alpha value is -0.340. The predicted molar refractivity (Wildman–Crippen MR) is 45.3 cm³/mol. The molecule has 0 bridgehead atoms. The van der Waals surface area contributed by atoms with Gasteiger partial charge in [0, 0.05) is 5.57 Å². The molecule has 0 radical (unpaired) electrons. The zero-order valence-electron chi connectivity index (χ0n) is 6.94. The first kappa shape index (κ1) is 12.3. The highest BCUT2D eigenvalue weighted by Gasteiger charge is 1.89. The third-order valence-electron chi connectivity index (χ3n) is 0.336. The van der Waals surface area contributed by atoms with Gasteiger partial charge in [0.1, 0.15) is 0 Å². The highest BCUT2D eigenvalue weighted by atomic mass is 35.5. The van der Waals surface area contributed by atoms with Crippen LogP contribution in [0.25, 0.3) is 0 Å². The van der Waals surface area contributed by atoms with Crippen molar-refractivity contribution >= 4 is 16.8 Å². The molecule has 2 nitrogen and oxygen atoms in total. The van der Waals surface area contributed by atoms with Crippen molar-refractivity contribution in [2.75, 3.05) is 21.1 Å². The SMILES string of the molecule is C=C(C)C(=O)Cl.CN(C)C. The van der Waals surface area contributed by atoms with Crippen LogP contribution in [-0.2, 0) is 4.79 Å². The average molecular weight is 164 g/mol. The molecule has 0 amide bonds. The molecule has 60 valence electrons. The first-order valence-corrected chi connectivity index (χ1v) is 3.22. The monoisotopic (exact) mass is 163 g/mol. The van der Waals surface area contributed by atoms with Crippen molar-refractivity contribution in [2.45, 2.75) is 6.92 Å². The summed E-state index contributed by atoms with van der Waals surface area (Å²) in [4.78, 5) is 11.8. The molecule has 0 aromatic heterocycles. The topological polar surface area (TPSA) is 20.3 Å². The molecule has 0 aromatic rings. The third-order valence-corrected chi connectivity index (χ3v) is 0.658. The Morgan fingerprint density at radius 3 is 1.50 bits per heavy atom. The number of hydrogen-bond acceptors (Lipinski definition) is 2. The van der Waals surface area contributed by atoms with E-state index in [4.69, 9.17) is 11.6 Å². The molecule has 0 saturated carbocycles. The Kier molecular flexibility index (Phi) is 8.37. The molecule has 0 unspecified atom stereocenters. The van der Waals surface area contributed by atoms with Crippen LogP contribution in [0.3, 0.4) is 0 Å². The van der Waals surface area contributed by atoms with Crippen LogP contribution in [0, 0.1) is 0 Å². The number of halogens is 1. The molecule has 0 heterocycles. The Bertz CT molecular complexity index is 106. The quantitative estimate of drug-likeness (QED) is 0.432. The molecule has 0 rings (SSSR count). The van der Waals surface area contributed by atoms with Crippen molar-refractivity contribution in [1.82, 2.24) is 4.90 Å². The maximum absolute atomic E-state index is 9.81.